The molecule has 3 aromatic rings. The first-order valence-corrected chi connectivity index (χ1v) is 9.27. The zero-order valence-corrected chi connectivity index (χ0v) is 16.2. The molecule has 1 amide bonds. The number of para-hydroxylation sites is 1. The molecule has 0 fully saturated rings. The van der Waals surface area contributed by atoms with E-state index in [0.717, 1.165) is 16.5 Å². The fraction of sp³-hybridized carbons (Fsp3) is 0.182. The zero-order valence-electron chi connectivity index (χ0n) is 15.4. The molecule has 0 saturated carbocycles. The average Bonchev–Trinajstić information content (AvgIpc) is 2.66. The number of anilines is 1. The van der Waals surface area contributed by atoms with Crippen molar-refractivity contribution in [2.24, 2.45) is 5.92 Å². The van der Waals surface area contributed by atoms with Gasteiger partial charge in [-0.1, -0.05) is 62.4 Å². The van der Waals surface area contributed by atoms with Crippen LogP contribution in [0.3, 0.4) is 0 Å². The van der Waals surface area contributed by atoms with Crippen LogP contribution < -0.4 is 15.4 Å². The number of carbonyl (C=O) groups excluding carboxylic acids is 1. The van der Waals surface area contributed by atoms with Gasteiger partial charge in [0.1, 0.15) is 5.75 Å². The van der Waals surface area contributed by atoms with Gasteiger partial charge in [-0.25, -0.2) is 0 Å². The summed E-state index contributed by atoms with van der Waals surface area (Å²) in [4.78, 5) is 12.7. The number of amides is 1. The highest BCUT2D eigenvalue weighted by atomic mass is 32.1. The summed E-state index contributed by atoms with van der Waals surface area (Å²) < 4.78 is 5.75. The van der Waals surface area contributed by atoms with E-state index in [2.05, 4.69) is 24.5 Å². The third-order valence-electron chi connectivity index (χ3n) is 3.97. The Hall–Kier alpha value is -2.92. The lowest BCUT2D eigenvalue weighted by atomic mass is 10.1. The minimum absolute atomic E-state index is 0.245. The second kappa shape index (κ2) is 8.64. The van der Waals surface area contributed by atoms with Crippen molar-refractivity contribution in [1.82, 2.24) is 5.32 Å². The van der Waals surface area contributed by atoms with Crippen molar-refractivity contribution in [3.63, 3.8) is 0 Å². The second-order valence-electron chi connectivity index (χ2n) is 6.64. The Bertz CT molecular complexity index is 964. The molecule has 0 aliphatic carbocycles. The number of fused-ring (bicyclic) bond motifs is 1. The van der Waals surface area contributed by atoms with Gasteiger partial charge in [0.25, 0.3) is 5.91 Å². The van der Waals surface area contributed by atoms with Crippen LogP contribution in [0.25, 0.3) is 10.8 Å². The standard InChI is InChI=1S/C22H22N2O2S/c1-15(2)14-26-20-13-6-5-11-18(20)21(25)24-22(27)23-19-12-7-9-16-8-3-4-10-17(16)19/h3-13,15H,14H2,1-2H3,(H2,23,24,25,27). The molecule has 4 nitrogen and oxygen atoms in total. The first-order valence-electron chi connectivity index (χ1n) is 8.86. The van der Waals surface area contributed by atoms with Crippen LogP contribution in [0.4, 0.5) is 5.69 Å². The van der Waals surface area contributed by atoms with Crippen molar-refractivity contribution in [3.05, 3.63) is 72.3 Å². The van der Waals surface area contributed by atoms with Gasteiger partial charge in [-0.05, 0) is 41.7 Å². The van der Waals surface area contributed by atoms with Crippen molar-refractivity contribution in [1.29, 1.82) is 0 Å². The monoisotopic (exact) mass is 378 g/mol. The molecule has 2 N–H and O–H groups in total. The van der Waals surface area contributed by atoms with Gasteiger partial charge < -0.3 is 10.1 Å². The summed E-state index contributed by atoms with van der Waals surface area (Å²) in [5.41, 5.74) is 1.31. The van der Waals surface area contributed by atoms with Gasteiger partial charge in [-0.15, -0.1) is 0 Å². The van der Waals surface area contributed by atoms with Gasteiger partial charge >= 0.3 is 0 Å². The lowest BCUT2D eigenvalue weighted by Crippen LogP contribution is -2.34. The van der Waals surface area contributed by atoms with E-state index in [-0.39, 0.29) is 11.0 Å². The van der Waals surface area contributed by atoms with E-state index in [1.807, 2.05) is 48.5 Å². The van der Waals surface area contributed by atoms with Gasteiger partial charge in [0.15, 0.2) is 5.11 Å². The lowest BCUT2D eigenvalue weighted by molar-refractivity contribution is 0.0973. The van der Waals surface area contributed by atoms with E-state index < -0.39 is 0 Å². The molecular weight excluding hydrogens is 356 g/mol. The zero-order chi connectivity index (χ0) is 19.2. The number of hydrogen-bond acceptors (Lipinski definition) is 3. The van der Waals surface area contributed by atoms with Gasteiger partial charge in [-0.2, -0.15) is 0 Å². The smallest absolute Gasteiger partial charge is 0.261 e. The number of hydrogen-bond donors (Lipinski definition) is 2. The Morgan fingerprint density at radius 3 is 2.52 bits per heavy atom. The summed E-state index contributed by atoms with van der Waals surface area (Å²) in [7, 11) is 0. The SMILES string of the molecule is CC(C)COc1ccccc1C(=O)NC(=S)Nc1cccc2ccccc12. The molecule has 0 radical (unpaired) electrons. The van der Waals surface area contributed by atoms with Crippen LogP contribution in [-0.2, 0) is 0 Å². The predicted molar refractivity (Wildman–Crippen MR) is 114 cm³/mol. The lowest BCUT2D eigenvalue weighted by Gasteiger charge is -2.14. The average molecular weight is 378 g/mol. The van der Waals surface area contributed by atoms with Crippen molar-refractivity contribution in [2.75, 3.05) is 11.9 Å². The fourth-order valence-electron chi connectivity index (χ4n) is 2.69. The van der Waals surface area contributed by atoms with Gasteiger partial charge in [0.05, 0.1) is 12.2 Å². The molecule has 138 valence electrons. The number of nitrogens with one attached hydrogen (secondary N) is 2. The molecule has 27 heavy (non-hydrogen) atoms. The van der Waals surface area contributed by atoms with Crippen molar-refractivity contribution in [3.8, 4) is 5.75 Å². The van der Waals surface area contributed by atoms with Crippen molar-refractivity contribution in [2.45, 2.75) is 13.8 Å². The van der Waals surface area contributed by atoms with Crippen LogP contribution in [0.2, 0.25) is 0 Å². The summed E-state index contributed by atoms with van der Waals surface area (Å²) in [5.74, 6) is 0.624. The highest BCUT2D eigenvalue weighted by Gasteiger charge is 2.14. The number of ether oxygens (including phenoxy) is 1. The van der Waals surface area contributed by atoms with E-state index >= 15 is 0 Å². The fourth-order valence-corrected chi connectivity index (χ4v) is 2.90. The Morgan fingerprint density at radius 1 is 1.00 bits per heavy atom. The Kier molecular flexibility index (Phi) is 6.04. The van der Waals surface area contributed by atoms with Crippen LogP contribution in [-0.4, -0.2) is 17.6 Å². The Labute approximate surface area is 164 Å². The normalized spacial score (nSPS) is 10.6. The maximum absolute atomic E-state index is 12.7. The van der Waals surface area contributed by atoms with Crippen LogP contribution in [0.5, 0.6) is 5.75 Å². The molecule has 0 aliphatic heterocycles. The van der Waals surface area contributed by atoms with E-state index in [1.165, 1.54) is 0 Å². The predicted octanol–water partition coefficient (Wildman–Crippen LogP) is 5.00. The molecule has 0 aliphatic rings. The van der Waals surface area contributed by atoms with Crippen LogP contribution in [0.1, 0.15) is 24.2 Å². The summed E-state index contributed by atoms with van der Waals surface area (Å²) >= 11 is 5.34. The van der Waals surface area contributed by atoms with Crippen LogP contribution in [0.15, 0.2) is 66.7 Å². The van der Waals surface area contributed by atoms with Gasteiger partial charge in [0, 0.05) is 11.1 Å². The number of rotatable bonds is 5. The van der Waals surface area contributed by atoms with Crippen molar-refractivity contribution < 1.29 is 9.53 Å². The Balaban J connectivity index is 1.72. The van der Waals surface area contributed by atoms with E-state index in [9.17, 15) is 4.79 Å². The number of benzene rings is 3. The number of thiocarbonyl (C=S) groups is 1. The van der Waals surface area contributed by atoms with E-state index in [4.69, 9.17) is 17.0 Å². The third-order valence-corrected chi connectivity index (χ3v) is 4.17. The first kappa shape index (κ1) is 18.9. The first-order chi connectivity index (χ1) is 13.0. The molecule has 0 heterocycles. The molecule has 3 aromatic carbocycles. The summed E-state index contributed by atoms with van der Waals surface area (Å²) in [6.45, 7) is 4.67. The molecule has 0 spiro atoms. The molecule has 0 atom stereocenters. The summed E-state index contributed by atoms with van der Waals surface area (Å²) in [6.07, 6.45) is 0. The topological polar surface area (TPSA) is 50.4 Å². The number of carbonyl (C=O) groups is 1. The second-order valence-corrected chi connectivity index (χ2v) is 7.04. The van der Waals surface area contributed by atoms with Crippen LogP contribution in [0, 0.1) is 5.92 Å². The third kappa shape index (κ3) is 4.83. The van der Waals surface area contributed by atoms with Crippen molar-refractivity contribution >= 4 is 39.7 Å². The summed E-state index contributed by atoms with van der Waals surface area (Å²) in [6, 6.07) is 21.1. The molecule has 0 aromatic heterocycles. The highest BCUT2D eigenvalue weighted by molar-refractivity contribution is 7.80. The maximum Gasteiger partial charge on any atom is 0.261 e. The molecule has 3 rings (SSSR count). The maximum atomic E-state index is 12.7. The van der Waals surface area contributed by atoms with E-state index in [1.54, 1.807) is 18.2 Å². The molecule has 0 saturated heterocycles. The minimum Gasteiger partial charge on any atom is -0.492 e. The highest BCUT2D eigenvalue weighted by Crippen LogP contribution is 2.23. The molecular formula is C22H22N2O2S. The van der Waals surface area contributed by atoms with E-state index in [0.29, 0.717) is 23.8 Å². The molecule has 0 unspecified atom stereocenters. The molecule has 5 heteroatoms. The van der Waals surface area contributed by atoms with Crippen LogP contribution >= 0.6 is 12.2 Å². The largest absolute Gasteiger partial charge is 0.492 e. The minimum atomic E-state index is -0.299. The van der Waals surface area contributed by atoms with Gasteiger partial charge in [0.2, 0.25) is 0 Å². The quantitative estimate of drug-likeness (QED) is 0.613. The van der Waals surface area contributed by atoms with Gasteiger partial charge in [-0.3, -0.25) is 10.1 Å². The Morgan fingerprint density at radius 2 is 1.70 bits per heavy atom. The molecule has 0 bridgehead atoms. The summed E-state index contributed by atoms with van der Waals surface area (Å²) in [5, 5.41) is 8.24.